The van der Waals surface area contributed by atoms with Crippen molar-refractivity contribution < 1.29 is 14.3 Å². The minimum atomic E-state index is -0.906. The van der Waals surface area contributed by atoms with Gasteiger partial charge in [0.1, 0.15) is 6.10 Å². The topological polar surface area (TPSA) is 99.5 Å². The third kappa shape index (κ3) is 5.37. The van der Waals surface area contributed by atoms with E-state index < -0.39 is 11.4 Å². The highest BCUT2D eigenvalue weighted by atomic mass is 16.5. The van der Waals surface area contributed by atoms with Crippen molar-refractivity contribution in [3.05, 3.63) is 70.4 Å². The summed E-state index contributed by atoms with van der Waals surface area (Å²) in [7, 11) is 0. The summed E-state index contributed by atoms with van der Waals surface area (Å²) in [4.78, 5) is 14.1. The van der Waals surface area contributed by atoms with Crippen molar-refractivity contribution in [1.82, 2.24) is 15.6 Å². The summed E-state index contributed by atoms with van der Waals surface area (Å²) in [5.41, 5.74) is 5.27. The minimum absolute atomic E-state index is 0.227. The molecule has 7 nitrogen and oxygen atoms in total. The molecule has 0 saturated carbocycles. The van der Waals surface area contributed by atoms with Crippen molar-refractivity contribution in [2.24, 2.45) is 0 Å². The van der Waals surface area contributed by atoms with Crippen LogP contribution in [0.15, 0.2) is 57.9 Å². The van der Waals surface area contributed by atoms with Crippen molar-refractivity contribution in [1.29, 1.82) is 0 Å². The Kier molecular flexibility index (Phi) is 6.43. The Hall–Kier alpha value is -3.31. The van der Waals surface area contributed by atoms with Crippen molar-refractivity contribution in [3.8, 4) is 23.5 Å². The molecule has 4 rings (SSSR count). The number of terminal acetylenes is 1. The second-order valence-electron chi connectivity index (χ2n) is 8.89. The van der Waals surface area contributed by atoms with Crippen molar-refractivity contribution in [3.63, 3.8) is 0 Å². The molecule has 33 heavy (non-hydrogen) atoms. The number of aromatic nitrogens is 1. The van der Waals surface area contributed by atoms with Crippen LogP contribution in [0, 0.1) is 19.3 Å². The van der Waals surface area contributed by atoms with Crippen LogP contribution in [0.25, 0.3) is 22.2 Å². The van der Waals surface area contributed by atoms with Crippen LogP contribution in [0.1, 0.15) is 18.1 Å². The van der Waals surface area contributed by atoms with Crippen LogP contribution in [0.2, 0.25) is 0 Å². The van der Waals surface area contributed by atoms with E-state index in [1.807, 2.05) is 18.2 Å². The predicted octanol–water partition coefficient (Wildman–Crippen LogP) is 2.48. The van der Waals surface area contributed by atoms with E-state index >= 15 is 0 Å². The zero-order chi connectivity index (χ0) is 23.6. The third-order valence-electron chi connectivity index (χ3n) is 5.90. The van der Waals surface area contributed by atoms with Gasteiger partial charge in [-0.3, -0.25) is 4.98 Å². The van der Waals surface area contributed by atoms with E-state index in [-0.39, 0.29) is 18.8 Å². The molecule has 3 atom stereocenters. The fourth-order valence-corrected chi connectivity index (χ4v) is 4.01. The van der Waals surface area contributed by atoms with Crippen molar-refractivity contribution in [2.75, 3.05) is 19.7 Å². The number of fused-ring (bicyclic) bond motifs is 1. The van der Waals surface area contributed by atoms with Gasteiger partial charge < -0.3 is 24.9 Å². The zero-order valence-corrected chi connectivity index (χ0v) is 18.9. The zero-order valence-electron chi connectivity index (χ0n) is 18.9. The van der Waals surface area contributed by atoms with Gasteiger partial charge in [-0.1, -0.05) is 36.8 Å². The van der Waals surface area contributed by atoms with Crippen LogP contribution < -0.4 is 16.4 Å². The number of aliphatic hydroxyl groups is 1. The summed E-state index contributed by atoms with van der Waals surface area (Å²) in [5.74, 6) is 2.35. The average molecular weight is 448 g/mol. The van der Waals surface area contributed by atoms with Crippen LogP contribution in [0.5, 0.6) is 0 Å². The number of benzene rings is 2. The van der Waals surface area contributed by atoms with Gasteiger partial charge in [-0.05, 0) is 48.2 Å². The number of ether oxygens (including phenoxy) is 1. The Balaban J connectivity index is 1.44. The number of H-pyrrole nitrogens is 1. The number of rotatable bonds is 6. The molecule has 3 aromatic rings. The van der Waals surface area contributed by atoms with Crippen molar-refractivity contribution >= 4 is 11.1 Å². The quantitative estimate of drug-likeness (QED) is 0.434. The molecular weight excluding hydrogens is 418 g/mol. The molecule has 1 aliphatic heterocycles. The number of β-amino-alcohol motifs (C(OH)–C–C–N with tert-alkyl or cyclic N) is 1. The highest BCUT2D eigenvalue weighted by Crippen LogP contribution is 2.26. The van der Waals surface area contributed by atoms with E-state index in [4.69, 9.17) is 15.6 Å². The van der Waals surface area contributed by atoms with Gasteiger partial charge in [0.15, 0.2) is 5.58 Å². The second kappa shape index (κ2) is 9.28. The van der Waals surface area contributed by atoms with E-state index in [9.17, 15) is 9.90 Å². The number of aryl methyl sites for hydroxylation is 1. The van der Waals surface area contributed by atoms with Gasteiger partial charge in [0.25, 0.3) is 0 Å². The molecule has 7 heteroatoms. The summed E-state index contributed by atoms with van der Waals surface area (Å²) >= 11 is 0. The number of hydrogen-bond acceptors (Lipinski definition) is 6. The van der Waals surface area contributed by atoms with Gasteiger partial charge in [0.2, 0.25) is 0 Å². The Bertz CT molecular complexity index is 1260. The molecule has 0 unspecified atom stereocenters. The minimum Gasteiger partial charge on any atom is -0.408 e. The first-order valence-electron chi connectivity index (χ1n) is 10.9. The van der Waals surface area contributed by atoms with E-state index in [2.05, 4.69) is 47.2 Å². The predicted molar refractivity (Wildman–Crippen MR) is 129 cm³/mol. The van der Waals surface area contributed by atoms with Gasteiger partial charge in [0.05, 0.1) is 23.8 Å². The summed E-state index contributed by atoms with van der Waals surface area (Å²) in [6.45, 7) is 9.15. The summed E-state index contributed by atoms with van der Waals surface area (Å²) in [5, 5.41) is 16.7. The number of oxazole rings is 1. The summed E-state index contributed by atoms with van der Waals surface area (Å²) in [6, 6.07) is 11.6. The lowest BCUT2D eigenvalue weighted by atomic mass is 9.96. The van der Waals surface area contributed by atoms with E-state index in [0.717, 1.165) is 22.3 Å². The Morgan fingerprint density at radius 3 is 2.88 bits per heavy atom. The molecule has 172 valence electrons. The SMILES string of the molecule is C#C[C@H](Cc1ccc(-c2ccc3oc(=O)[nH]c3c2)cc1C)NC(=C)[C@@H]1CNC[C@](C)(O)CO1. The lowest BCUT2D eigenvalue weighted by molar-refractivity contribution is -0.0325. The maximum Gasteiger partial charge on any atom is 0.417 e. The molecule has 2 aromatic carbocycles. The number of aromatic amines is 1. The molecule has 1 aromatic heterocycles. The molecule has 1 aliphatic rings. The van der Waals surface area contributed by atoms with E-state index in [1.54, 1.807) is 13.0 Å². The van der Waals surface area contributed by atoms with Gasteiger partial charge in [-0.2, -0.15) is 0 Å². The second-order valence-corrected chi connectivity index (χ2v) is 8.89. The smallest absolute Gasteiger partial charge is 0.408 e. The Morgan fingerprint density at radius 1 is 1.36 bits per heavy atom. The van der Waals surface area contributed by atoms with Crippen LogP contribution in [0.3, 0.4) is 0 Å². The standard InChI is InChI=1S/C26H29N3O4/c1-5-21(28-17(3)24-13-27-14-26(4,31)15-32-24)11-18-6-7-19(10-16(18)2)20-8-9-23-22(12-20)29-25(30)33-23/h1,6-10,12,21,24,27-28,31H,3,11,13-15H2,2,4H3,(H,29,30)/t21-,24+,26+/m1/s1. The highest BCUT2D eigenvalue weighted by molar-refractivity contribution is 5.80. The van der Waals surface area contributed by atoms with Gasteiger partial charge in [-0.15, -0.1) is 6.42 Å². The molecule has 0 radical (unpaired) electrons. The lowest BCUT2D eigenvalue weighted by Gasteiger charge is -2.24. The maximum atomic E-state index is 11.4. The first kappa shape index (κ1) is 22.9. The molecule has 0 aliphatic carbocycles. The molecule has 0 amide bonds. The van der Waals surface area contributed by atoms with Crippen LogP contribution in [-0.4, -0.2) is 47.5 Å². The summed E-state index contributed by atoms with van der Waals surface area (Å²) < 4.78 is 10.9. The number of nitrogens with one attached hydrogen (secondary N) is 3. The fraction of sp³-hybridized carbons (Fsp3) is 0.346. The Morgan fingerprint density at radius 2 is 2.12 bits per heavy atom. The lowest BCUT2D eigenvalue weighted by Crippen LogP contribution is -2.39. The maximum absolute atomic E-state index is 11.4. The fourth-order valence-electron chi connectivity index (χ4n) is 4.01. The highest BCUT2D eigenvalue weighted by Gasteiger charge is 2.28. The Labute approximate surface area is 192 Å². The van der Waals surface area contributed by atoms with E-state index in [1.165, 1.54) is 0 Å². The molecule has 2 heterocycles. The van der Waals surface area contributed by atoms with Crippen LogP contribution in [-0.2, 0) is 11.2 Å². The van der Waals surface area contributed by atoms with Crippen LogP contribution >= 0.6 is 0 Å². The van der Waals surface area contributed by atoms with Crippen molar-refractivity contribution in [2.45, 2.75) is 38.0 Å². The molecule has 0 bridgehead atoms. The first-order chi connectivity index (χ1) is 15.7. The third-order valence-corrected chi connectivity index (χ3v) is 5.90. The molecule has 4 N–H and O–H groups in total. The van der Waals surface area contributed by atoms with Gasteiger partial charge in [0, 0.05) is 25.2 Å². The van der Waals surface area contributed by atoms with Crippen LogP contribution in [0.4, 0.5) is 0 Å². The average Bonchev–Trinajstić information content (AvgIpc) is 3.05. The molecule has 0 spiro atoms. The van der Waals surface area contributed by atoms with E-state index in [0.29, 0.717) is 36.3 Å². The normalized spacial score (nSPS) is 21.8. The van der Waals surface area contributed by atoms with Gasteiger partial charge in [-0.25, -0.2) is 4.79 Å². The molecule has 1 saturated heterocycles. The monoisotopic (exact) mass is 447 g/mol. The summed E-state index contributed by atoms with van der Waals surface area (Å²) in [6.07, 6.45) is 6.17. The van der Waals surface area contributed by atoms with Gasteiger partial charge >= 0.3 is 5.76 Å². The molecule has 1 fully saturated rings. The molecular formula is C26H29N3O4. The first-order valence-corrected chi connectivity index (χ1v) is 10.9. The largest absolute Gasteiger partial charge is 0.417 e. The number of hydrogen-bond donors (Lipinski definition) is 4.